The summed E-state index contributed by atoms with van der Waals surface area (Å²) in [4.78, 5) is 37.0. The lowest BCUT2D eigenvalue weighted by atomic mass is 10.2. The van der Waals surface area contributed by atoms with Gasteiger partial charge < -0.3 is 15.5 Å². The zero-order valence-corrected chi connectivity index (χ0v) is 18.0. The molecule has 10 heteroatoms. The number of rotatable bonds is 7. The highest BCUT2D eigenvalue weighted by Gasteiger charge is 2.23. The second-order valence-corrected chi connectivity index (χ2v) is 8.95. The molecule has 0 unspecified atom stereocenters. The van der Waals surface area contributed by atoms with Crippen molar-refractivity contribution in [3.63, 3.8) is 0 Å². The fourth-order valence-corrected chi connectivity index (χ4v) is 4.37. The van der Waals surface area contributed by atoms with Gasteiger partial charge in [0.25, 0.3) is 0 Å². The van der Waals surface area contributed by atoms with Crippen molar-refractivity contribution >= 4 is 44.8 Å². The molecule has 0 aromatic heterocycles. The van der Waals surface area contributed by atoms with Gasteiger partial charge in [0, 0.05) is 37.0 Å². The van der Waals surface area contributed by atoms with Crippen molar-refractivity contribution in [2.24, 2.45) is 0 Å². The molecule has 0 aliphatic carbocycles. The van der Waals surface area contributed by atoms with E-state index in [1.165, 1.54) is 38.1 Å². The standard InChI is InChI=1S/C21H24N4O5S/c1-14(24-31(29,30)19-11-7-16(8-12-19)22-15(2)26)21(28)23-17-5-9-18(10-6-17)25-13-3-4-20(25)27/h5-12,14,24H,3-4,13H2,1-2H3,(H,22,26)(H,23,28)/t14-/m0/s1. The van der Waals surface area contributed by atoms with E-state index in [9.17, 15) is 22.8 Å². The van der Waals surface area contributed by atoms with Gasteiger partial charge in [0.05, 0.1) is 10.9 Å². The Bertz CT molecular complexity index is 1080. The minimum absolute atomic E-state index is 0.0270. The summed E-state index contributed by atoms with van der Waals surface area (Å²) in [5, 5.41) is 5.21. The summed E-state index contributed by atoms with van der Waals surface area (Å²) in [6.45, 7) is 3.47. The minimum atomic E-state index is -3.93. The van der Waals surface area contributed by atoms with Gasteiger partial charge in [0.2, 0.25) is 27.7 Å². The fourth-order valence-electron chi connectivity index (χ4n) is 3.17. The molecular formula is C21H24N4O5S. The summed E-state index contributed by atoms with van der Waals surface area (Å²) >= 11 is 0. The van der Waals surface area contributed by atoms with Crippen LogP contribution in [0.15, 0.2) is 53.4 Å². The molecule has 0 spiro atoms. The van der Waals surface area contributed by atoms with Crippen LogP contribution in [0.2, 0.25) is 0 Å². The van der Waals surface area contributed by atoms with E-state index in [1.807, 2.05) is 0 Å². The number of hydrogen-bond acceptors (Lipinski definition) is 5. The zero-order valence-electron chi connectivity index (χ0n) is 17.2. The number of carbonyl (C=O) groups is 3. The average Bonchev–Trinajstić information content (AvgIpc) is 3.14. The molecule has 2 aromatic carbocycles. The van der Waals surface area contributed by atoms with Gasteiger partial charge in [0.15, 0.2) is 0 Å². The highest BCUT2D eigenvalue weighted by molar-refractivity contribution is 7.89. The lowest BCUT2D eigenvalue weighted by molar-refractivity contribution is -0.118. The molecule has 3 amide bonds. The van der Waals surface area contributed by atoms with Gasteiger partial charge in [-0.15, -0.1) is 0 Å². The molecule has 31 heavy (non-hydrogen) atoms. The smallest absolute Gasteiger partial charge is 0.242 e. The maximum Gasteiger partial charge on any atom is 0.242 e. The van der Waals surface area contributed by atoms with E-state index in [1.54, 1.807) is 29.2 Å². The quantitative estimate of drug-likeness (QED) is 0.603. The van der Waals surface area contributed by atoms with Crippen LogP contribution in [0.4, 0.5) is 17.1 Å². The Labute approximate surface area is 180 Å². The van der Waals surface area contributed by atoms with Crippen molar-refractivity contribution < 1.29 is 22.8 Å². The molecule has 1 fully saturated rings. The van der Waals surface area contributed by atoms with Crippen molar-refractivity contribution in [2.45, 2.75) is 37.6 Å². The van der Waals surface area contributed by atoms with E-state index in [4.69, 9.17) is 0 Å². The summed E-state index contributed by atoms with van der Waals surface area (Å²) in [7, 11) is -3.93. The second kappa shape index (κ2) is 9.27. The monoisotopic (exact) mass is 444 g/mol. The summed E-state index contributed by atoms with van der Waals surface area (Å²) in [5.41, 5.74) is 1.72. The summed E-state index contributed by atoms with van der Waals surface area (Å²) in [6, 6.07) is 11.4. The van der Waals surface area contributed by atoms with Crippen LogP contribution in [0.3, 0.4) is 0 Å². The third kappa shape index (κ3) is 5.68. The lowest BCUT2D eigenvalue weighted by Gasteiger charge is -2.17. The molecule has 0 radical (unpaired) electrons. The molecule has 1 aliphatic rings. The SMILES string of the molecule is CC(=O)Nc1ccc(S(=O)(=O)N[C@@H](C)C(=O)Nc2ccc(N3CCCC3=O)cc2)cc1. The number of sulfonamides is 1. The second-order valence-electron chi connectivity index (χ2n) is 7.23. The van der Waals surface area contributed by atoms with E-state index in [-0.39, 0.29) is 16.7 Å². The molecule has 0 saturated carbocycles. The highest BCUT2D eigenvalue weighted by Crippen LogP contribution is 2.23. The van der Waals surface area contributed by atoms with Crippen molar-refractivity contribution in [1.82, 2.24) is 4.72 Å². The molecule has 1 saturated heterocycles. The Kier molecular flexibility index (Phi) is 6.71. The first-order valence-electron chi connectivity index (χ1n) is 9.77. The molecule has 0 bridgehead atoms. The van der Waals surface area contributed by atoms with E-state index < -0.39 is 22.0 Å². The normalized spacial score (nSPS) is 14.9. The molecule has 3 N–H and O–H groups in total. The molecule has 2 aromatic rings. The Morgan fingerprint density at radius 1 is 0.968 bits per heavy atom. The topological polar surface area (TPSA) is 125 Å². The van der Waals surface area contributed by atoms with Gasteiger partial charge in [0.1, 0.15) is 0 Å². The number of benzene rings is 2. The lowest BCUT2D eigenvalue weighted by Crippen LogP contribution is -2.41. The van der Waals surface area contributed by atoms with Crippen LogP contribution in [0, 0.1) is 0 Å². The minimum Gasteiger partial charge on any atom is -0.326 e. The zero-order chi connectivity index (χ0) is 22.6. The van der Waals surface area contributed by atoms with Crippen molar-refractivity contribution in [3.05, 3.63) is 48.5 Å². The van der Waals surface area contributed by atoms with Crippen LogP contribution < -0.4 is 20.3 Å². The number of nitrogens with one attached hydrogen (secondary N) is 3. The van der Waals surface area contributed by atoms with E-state index in [0.717, 1.165) is 12.1 Å². The first-order valence-corrected chi connectivity index (χ1v) is 11.3. The average molecular weight is 445 g/mol. The Morgan fingerprint density at radius 2 is 1.55 bits per heavy atom. The maximum absolute atomic E-state index is 12.5. The first-order chi connectivity index (χ1) is 14.7. The predicted molar refractivity (Wildman–Crippen MR) is 117 cm³/mol. The van der Waals surface area contributed by atoms with E-state index in [2.05, 4.69) is 15.4 Å². The number of nitrogens with zero attached hydrogens (tertiary/aromatic N) is 1. The molecule has 1 atom stereocenters. The molecule has 1 aliphatic heterocycles. The van der Waals surface area contributed by atoms with Gasteiger partial charge >= 0.3 is 0 Å². The van der Waals surface area contributed by atoms with Crippen LogP contribution in [-0.2, 0) is 24.4 Å². The molecular weight excluding hydrogens is 420 g/mol. The van der Waals surface area contributed by atoms with E-state index in [0.29, 0.717) is 24.3 Å². The first kappa shape index (κ1) is 22.4. The van der Waals surface area contributed by atoms with Crippen molar-refractivity contribution in [2.75, 3.05) is 22.1 Å². The summed E-state index contributed by atoms with van der Waals surface area (Å²) in [6.07, 6.45) is 1.36. The van der Waals surface area contributed by atoms with Crippen LogP contribution in [0.1, 0.15) is 26.7 Å². The summed E-state index contributed by atoms with van der Waals surface area (Å²) in [5.74, 6) is -0.715. The van der Waals surface area contributed by atoms with Gasteiger partial charge in [-0.25, -0.2) is 8.42 Å². The molecule has 3 rings (SSSR count). The largest absolute Gasteiger partial charge is 0.326 e. The number of hydrogen-bond donors (Lipinski definition) is 3. The van der Waals surface area contributed by atoms with Gasteiger partial charge in [-0.2, -0.15) is 4.72 Å². The van der Waals surface area contributed by atoms with E-state index >= 15 is 0 Å². The highest BCUT2D eigenvalue weighted by atomic mass is 32.2. The van der Waals surface area contributed by atoms with Crippen molar-refractivity contribution in [3.8, 4) is 0 Å². The Balaban J connectivity index is 1.60. The van der Waals surface area contributed by atoms with Gasteiger partial charge in [-0.1, -0.05) is 0 Å². The third-order valence-electron chi connectivity index (χ3n) is 4.73. The van der Waals surface area contributed by atoms with Crippen LogP contribution in [0.5, 0.6) is 0 Å². The molecule has 9 nitrogen and oxygen atoms in total. The van der Waals surface area contributed by atoms with Crippen LogP contribution in [0.25, 0.3) is 0 Å². The molecule has 1 heterocycles. The number of anilines is 3. The maximum atomic E-state index is 12.5. The summed E-state index contributed by atoms with van der Waals surface area (Å²) < 4.78 is 27.4. The number of carbonyl (C=O) groups excluding carboxylic acids is 3. The van der Waals surface area contributed by atoms with Gasteiger partial charge in [-0.05, 0) is 61.9 Å². The molecule has 164 valence electrons. The predicted octanol–water partition coefficient (Wildman–Crippen LogP) is 2.08. The van der Waals surface area contributed by atoms with Gasteiger partial charge in [-0.3, -0.25) is 14.4 Å². The Morgan fingerprint density at radius 3 is 2.10 bits per heavy atom. The van der Waals surface area contributed by atoms with Crippen LogP contribution >= 0.6 is 0 Å². The Hall–Kier alpha value is -3.24. The number of amides is 3. The van der Waals surface area contributed by atoms with Crippen LogP contribution in [-0.4, -0.2) is 38.7 Å². The van der Waals surface area contributed by atoms with Crippen molar-refractivity contribution in [1.29, 1.82) is 0 Å². The third-order valence-corrected chi connectivity index (χ3v) is 6.29. The fraction of sp³-hybridized carbons (Fsp3) is 0.286.